The first-order valence-corrected chi connectivity index (χ1v) is 7.16. The summed E-state index contributed by atoms with van der Waals surface area (Å²) in [5.41, 5.74) is 0.0531. The first-order valence-electron chi connectivity index (χ1n) is 5.76. The maximum Gasteiger partial charge on any atom is 0.123 e. The van der Waals surface area contributed by atoms with Crippen molar-refractivity contribution in [1.82, 2.24) is 5.32 Å². The molecule has 1 rings (SSSR count). The number of hydrogen-bond acceptors (Lipinski definition) is 5. The summed E-state index contributed by atoms with van der Waals surface area (Å²) < 4.78 is 5.02. The Labute approximate surface area is 112 Å². The molecule has 3 N–H and O–H groups in total. The van der Waals surface area contributed by atoms with Crippen molar-refractivity contribution in [3.05, 3.63) is 23.8 Å². The summed E-state index contributed by atoms with van der Waals surface area (Å²) in [4.78, 5) is 0. The van der Waals surface area contributed by atoms with Gasteiger partial charge in [-0.05, 0) is 19.2 Å². The molecule has 1 atom stereocenters. The number of phenols is 1. The predicted octanol–water partition coefficient (Wildman–Crippen LogP) is 1.60. The van der Waals surface area contributed by atoms with Crippen molar-refractivity contribution in [2.24, 2.45) is 0 Å². The standard InChI is InChI=1S/C13H21NO3S/c1-13(16,9-18-3)8-14-7-10-4-5-11(17-2)6-12(10)15/h4-6,14-16H,7-9H2,1-3H3. The smallest absolute Gasteiger partial charge is 0.123 e. The van der Waals surface area contributed by atoms with Crippen LogP contribution in [0, 0.1) is 0 Å². The van der Waals surface area contributed by atoms with E-state index in [1.807, 2.05) is 12.3 Å². The van der Waals surface area contributed by atoms with Crippen LogP contribution in [-0.4, -0.2) is 41.5 Å². The summed E-state index contributed by atoms with van der Waals surface area (Å²) in [5, 5.41) is 22.9. The number of ether oxygens (including phenoxy) is 1. The van der Waals surface area contributed by atoms with Crippen LogP contribution in [0.25, 0.3) is 0 Å². The van der Waals surface area contributed by atoms with Crippen LogP contribution in [0.1, 0.15) is 12.5 Å². The highest BCUT2D eigenvalue weighted by atomic mass is 32.2. The summed E-state index contributed by atoms with van der Waals surface area (Å²) in [6, 6.07) is 5.19. The lowest BCUT2D eigenvalue weighted by Crippen LogP contribution is -2.39. The molecule has 0 bridgehead atoms. The van der Waals surface area contributed by atoms with E-state index in [-0.39, 0.29) is 5.75 Å². The number of hydrogen-bond donors (Lipinski definition) is 3. The molecule has 0 amide bonds. The van der Waals surface area contributed by atoms with E-state index in [2.05, 4.69) is 5.32 Å². The largest absolute Gasteiger partial charge is 0.507 e. The van der Waals surface area contributed by atoms with Gasteiger partial charge < -0.3 is 20.3 Å². The predicted molar refractivity (Wildman–Crippen MR) is 75.4 cm³/mol. The van der Waals surface area contributed by atoms with E-state index in [4.69, 9.17) is 4.74 Å². The number of aliphatic hydroxyl groups is 1. The maximum absolute atomic E-state index is 9.98. The third-order valence-corrected chi connectivity index (χ3v) is 3.48. The van der Waals surface area contributed by atoms with Crippen LogP contribution >= 0.6 is 11.8 Å². The molecule has 1 unspecified atom stereocenters. The lowest BCUT2D eigenvalue weighted by molar-refractivity contribution is 0.0845. The van der Waals surface area contributed by atoms with Gasteiger partial charge in [-0.3, -0.25) is 0 Å². The van der Waals surface area contributed by atoms with Gasteiger partial charge in [-0.2, -0.15) is 11.8 Å². The van der Waals surface area contributed by atoms with E-state index in [9.17, 15) is 10.2 Å². The van der Waals surface area contributed by atoms with Crippen LogP contribution in [0.4, 0.5) is 0 Å². The normalized spacial score (nSPS) is 14.2. The van der Waals surface area contributed by atoms with Crippen LogP contribution in [0.5, 0.6) is 11.5 Å². The van der Waals surface area contributed by atoms with Gasteiger partial charge in [0.2, 0.25) is 0 Å². The topological polar surface area (TPSA) is 61.7 Å². The Kier molecular flexibility index (Phi) is 5.78. The number of rotatable bonds is 7. The third-order valence-electron chi connectivity index (χ3n) is 2.57. The Morgan fingerprint density at radius 1 is 1.44 bits per heavy atom. The quantitative estimate of drug-likeness (QED) is 0.703. The third kappa shape index (κ3) is 4.76. The SMILES string of the molecule is COc1ccc(CNCC(C)(O)CSC)c(O)c1. The number of benzene rings is 1. The first-order chi connectivity index (χ1) is 8.48. The molecule has 4 nitrogen and oxygen atoms in total. The molecule has 18 heavy (non-hydrogen) atoms. The van der Waals surface area contributed by atoms with E-state index in [0.717, 1.165) is 5.56 Å². The minimum absolute atomic E-state index is 0.200. The van der Waals surface area contributed by atoms with Crippen molar-refractivity contribution >= 4 is 11.8 Å². The molecule has 102 valence electrons. The average Bonchev–Trinajstić information content (AvgIpc) is 2.31. The van der Waals surface area contributed by atoms with E-state index in [1.165, 1.54) is 0 Å². The van der Waals surface area contributed by atoms with Gasteiger partial charge in [0.25, 0.3) is 0 Å². The van der Waals surface area contributed by atoms with E-state index in [0.29, 0.717) is 24.6 Å². The van der Waals surface area contributed by atoms with Gasteiger partial charge in [0.05, 0.1) is 12.7 Å². The van der Waals surface area contributed by atoms with Gasteiger partial charge in [-0.25, -0.2) is 0 Å². The fourth-order valence-electron chi connectivity index (χ4n) is 1.65. The number of nitrogens with one attached hydrogen (secondary N) is 1. The first kappa shape index (κ1) is 15.1. The van der Waals surface area contributed by atoms with Crippen molar-refractivity contribution in [3.8, 4) is 11.5 Å². The number of aromatic hydroxyl groups is 1. The van der Waals surface area contributed by atoms with Gasteiger partial charge in [0, 0.05) is 30.5 Å². The molecular formula is C13H21NO3S. The van der Waals surface area contributed by atoms with Gasteiger partial charge in [0.15, 0.2) is 0 Å². The Morgan fingerprint density at radius 3 is 2.72 bits per heavy atom. The second kappa shape index (κ2) is 6.87. The minimum atomic E-state index is -0.735. The maximum atomic E-state index is 9.98. The van der Waals surface area contributed by atoms with Crippen molar-refractivity contribution in [2.45, 2.75) is 19.1 Å². The van der Waals surface area contributed by atoms with Crippen LogP contribution in [-0.2, 0) is 6.54 Å². The minimum Gasteiger partial charge on any atom is -0.507 e. The molecule has 0 aliphatic carbocycles. The van der Waals surface area contributed by atoms with Crippen LogP contribution in [0.3, 0.4) is 0 Å². The zero-order valence-electron chi connectivity index (χ0n) is 11.1. The average molecular weight is 271 g/mol. The molecule has 0 fully saturated rings. The molecule has 0 aliphatic rings. The lowest BCUT2D eigenvalue weighted by atomic mass is 10.1. The van der Waals surface area contributed by atoms with Gasteiger partial charge in [-0.15, -0.1) is 0 Å². The number of thioether (sulfide) groups is 1. The summed E-state index contributed by atoms with van der Waals surface area (Å²) in [7, 11) is 1.56. The summed E-state index contributed by atoms with van der Waals surface area (Å²) in [6.07, 6.45) is 1.96. The Balaban J connectivity index is 2.49. The highest BCUT2D eigenvalue weighted by molar-refractivity contribution is 7.98. The highest BCUT2D eigenvalue weighted by Gasteiger charge is 2.18. The van der Waals surface area contributed by atoms with Crippen molar-refractivity contribution in [3.63, 3.8) is 0 Å². The van der Waals surface area contributed by atoms with E-state index in [1.54, 1.807) is 37.9 Å². The molecule has 1 aromatic carbocycles. The van der Waals surface area contributed by atoms with E-state index < -0.39 is 5.60 Å². The number of methoxy groups -OCH3 is 1. The molecule has 0 spiro atoms. The fraction of sp³-hybridized carbons (Fsp3) is 0.538. The van der Waals surface area contributed by atoms with Crippen molar-refractivity contribution < 1.29 is 14.9 Å². The Morgan fingerprint density at radius 2 is 2.17 bits per heavy atom. The van der Waals surface area contributed by atoms with Crippen molar-refractivity contribution in [2.75, 3.05) is 25.7 Å². The Bertz CT molecular complexity index is 382. The molecule has 0 saturated heterocycles. The molecule has 1 aromatic rings. The summed E-state index contributed by atoms with van der Waals surface area (Å²) in [5.74, 6) is 1.51. The van der Waals surface area contributed by atoms with Gasteiger partial charge in [0.1, 0.15) is 11.5 Å². The lowest BCUT2D eigenvalue weighted by Gasteiger charge is -2.22. The summed E-state index contributed by atoms with van der Waals surface area (Å²) >= 11 is 1.61. The molecule has 0 saturated carbocycles. The van der Waals surface area contributed by atoms with Gasteiger partial charge in [-0.1, -0.05) is 6.07 Å². The fourth-order valence-corrected chi connectivity index (χ4v) is 2.37. The Hall–Kier alpha value is -0.910. The number of phenolic OH excluding ortho intramolecular Hbond substituents is 1. The molecule has 0 heterocycles. The zero-order chi connectivity index (χ0) is 13.6. The molecule has 0 radical (unpaired) electrons. The zero-order valence-corrected chi connectivity index (χ0v) is 11.9. The van der Waals surface area contributed by atoms with Crippen LogP contribution < -0.4 is 10.1 Å². The molecule has 5 heteroatoms. The molecule has 0 aliphatic heterocycles. The highest BCUT2D eigenvalue weighted by Crippen LogP contribution is 2.23. The summed E-state index contributed by atoms with van der Waals surface area (Å²) in [6.45, 7) is 2.80. The van der Waals surface area contributed by atoms with E-state index >= 15 is 0 Å². The molecular weight excluding hydrogens is 250 g/mol. The second-order valence-corrected chi connectivity index (χ2v) is 5.39. The van der Waals surface area contributed by atoms with Crippen LogP contribution in [0.15, 0.2) is 18.2 Å². The monoisotopic (exact) mass is 271 g/mol. The van der Waals surface area contributed by atoms with Gasteiger partial charge >= 0.3 is 0 Å². The van der Waals surface area contributed by atoms with Crippen LogP contribution in [0.2, 0.25) is 0 Å². The molecule has 0 aromatic heterocycles. The second-order valence-electron chi connectivity index (χ2n) is 4.53. The van der Waals surface area contributed by atoms with Crippen molar-refractivity contribution in [1.29, 1.82) is 0 Å².